The Balaban J connectivity index is 3.59. The molecule has 4 nitrogen and oxygen atoms in total. The molecule has 0 bridgehead atoms. The Hall–Kier alpha value is -0.410. The topological polar surface area (TPSA) is 61.5 Å². The molecule has 0 fully saturated rings. The van der Waals surface area contributed by atoms with E-state index in [2.05, 4.69) is 13.2 Å². The molecule has 0 spiro atoms. The van der Waals surface area contributed by atoms with E-state index in [-0.39, 0.29) is 13.2 Å². The molecule has 0 amide bonds. The van der Waals surface area contributed by atoms with Crippen LogP contribution in [-0.4, -0.2) is 13.2 Å². The van der Waals surface area contributed by atoms with Crippen molar-refractivity contribution in [2.24, 2.45) is 5.50 Å². The lowest BCUT2D eigenvalue weighted by Crippen LogP contribution is -2.05. The molecule has 0 rings (SSSR count). The molecule has 0 radical (unpaired) electrons. The van der Waals surface area contributed by atoms with Gasteiger partial charge in [0, 0.05) is 0 Å². The van der Waals surface area contributed by atoms with Crippen molar-refractivity contribution in [3.05, 3.63) is 25.3 Å². The van der Waals surface area contributed by atoms with E-state index in [4.69, 9.17) is 14.6 Å². The Morgan fingerprint density at radius 1 is 1.15 bits per heavy atom. The molecule has 2 N–H and O–H groups in total. The van der Waals surface area contributed by atoms with Gasteiger partial charge in [-0.05, 0) is 12.8 Å². The first-order chi connectivity index (χ1) is 6.12. The van der Waals surface area contributed by atoms with Crippen LogP contribution in [-0.2, 0) is 13.6 Å². The predicted octanol–water partition coefficient (Wildman–Crippen LogP) is 2.24. The standard InChI is InChI=1S/C8H16NO3P/c1-3-5-7-11-13(9,10)12-8-6-4-2/h3-4H,1-2,5-8H2,(H2,9,10). The van der Waals surface area contributed by atoms with Crippen LogP contribution in [0.4, 0.5) is 0 Å². The van der Waals surface area contributed by atoms with Gasteiger partial charge in [0.15, 0.2) is 0 Å². The van der Waals surface area contributed by atoms with Gasteiger partial charge in [-0.2, -0.15) is 0 Å². The van der Waals surface area contributed by atoms with Crippen molar-refractivity contribution in [1.29, 1.82) is 0 Å². The van der Waals surface area contributed by atoms with E-state index in [1.54, 1.807) is 12.2 Å². The van der Waals surface area contributed by atoms with Crippen LogP contribution in [0.25, 0.3) is 0 Å². The van der Waals surface area contributed by atoms with Crippen LogP contribution in [0.1, 0.15) is 12.8 Å². The van der Waals surface area contributed by atoms with Crippen LogP contribution in [0.2, 0.25) is 0 Å². The molecule has 76 valence electrons. The summed E-state index contributed by atoms with van der Waals surface area (Å²) in [6.45, 7) is 7.52. The number of hydrogen-bond donors (Lipinski definition) is 1. The molecule has 0 aliphatic heterocycles. The van der Waals surface area contributed by atoms with Gasteiger partial charge in [-0.3, -0.25) is 9.05 Å². The second-order valence-electron chi connectivity index (χ2n) is 2.36. The van der Waals surface area contributed by atoms with Gasteiger partial charge in [0.25, 0.3) is 0 Å². The molecule has 5 heteroatoms. The van der Waals surface area contributed by atoms with Crippen LogP contribution in [0.5, 0.6) is 0 Å². The zero-order valence-corrected chi connectivity index (χ0v) is 8.54. The van der Waals surface area contributed by atoms with Gasteiger partial charge in [-0.1, -0.05) is 12.2 Å². The van der Waals surface area contributed by atoms with Gasteiger partial charge in [0.05, 0.1) is 13.2 Å². The summed E-state index contributed by atoms with van der Waals surface area (Å²) in [5.41, 5.74) is 5.24. The van der Waals surface area contributed by atoms with Crippen LogP contribution < -0.4 is 5.50 Å². The van der Waals surface area contributed by atoms with Gasteiger partial charge in [-0.25, -0.2) is 10.1 Å². The van der Waals surface area contributed by atoms with Crippen molar-refractivity contribution in [1.82, 2.24) is 0 Å². The van der Waals surface area contributed by atoms with Crippen molar-refractivity contribution in [2.45, 2.75) is 12.8 Å². The van der Waals surface area contributed by atoms with Crippen LogP contribution in [0.15, 0.2) is 25.3 Å². The Labute approximate surface area is 79.0 Å². The second kappa shape index (κ2) is 7.04. The van der Waals surface area contributed by atoms with E-state index in [0.717, 1.165) is 0 Å². The highest BCUT2D eigenvalue weighted by molar-refractivity contribution is 7.51. The normalized spacial score (nSPS) is 11.2. The highest BCUT2D eigenvalue weighted by atomic mass is 31.2. The van der Waals surface area contributed by atoms with Gasteiger partial charge in [0.2, 0.25) is 0 Å². The summed E-state index contributed by atoms with van der Waals surface area (Å²) < 4.78 is 20.9. The maximum absolute atomic E-state index is 11.2. The molecular formula is C8H16NO3P. The lowest BCUT2D eigenvalue weighted by atomic mass is 10.5. The molecule has 0 aromatic heterocycles. The van der Waals surface area contributed by atoms with Crippen LogP contribution >= 0.6 is 7.75 Å². The lowest BCUT2D eigenvalue weighted by Gasteiger charge is -2.11. The van der Waals surface area contributed by atoms with Gasteiger partial charge in [0.1, 0.15) is 0 Å². The molecule has 0 unspecified atom stereocenters. The van der Waals surface area contributed by atoms with E-state index in [1.165, 1.54) is 0 Å². The molecule has 0 aromatic carbocycles. The fourth-order valence-corrected chi connectivity index (χ4v) is 1.36. The minimum absolute atomic E-state index is 0.269. The maximum atomic E-state index is 11.2. The third kappa shape index (κ3) is 7.94. The molecular weight excluding hydrogens is 189 g/mol. The molecule has 0 saturated carbocycles. The molecule has 0 aliphatic carbocycles. The molecule has 0 saturated heterocycles. The molecule has 0 heterocycles. The number of nitrogens with two attached hydrogens (primary N) is 1. The van der Waals surface area contributed by atoms with Gasteiger partial charge < -0.3 is 0 Å². The van der Waals surface area contributed by atoms with Crippen molar-refractivity contribution in [2.75, 3.05) is 13.2 Å². The van der Waals surface area contributed by atoms with Crippen LogP contribution in [0.3, 0.4) is 0 Å². The summed E-state index contributed by atoms with van der Waals surface area (Å²) in [6.07, 6.45) is 4.52. The zero-order chi connectivity index (χ0) is 10.2. The minimum atomic E-state index is -3.35. The maximum Gasteiger partial charge on any atom is 0.402 e. The summed E-state index contributed by atoms with van der Waals surface area (Å²) >= 11 is 0. The smallest absolute Gasteiger partial charge is 0.297 e. The van der Waals surface area contributed by atoms with Crippen molar-refractivity contribution < 1.29 is 13.6 Å². The first kappa shape index (κ1) is 12.6. The molecule has 13 heavy (non-hydrogen) atoms. The third-order valence-corrected chi connectivity index (χ3v) is 2.27. The molecule has 0 aromatic rings. The summed E-state index contributed by atoms with van der Waals surface area (Å²) in [7, 11) is -3.35. The highest BCUT2D eigenvalue weighted by Crippen LogP contribution is 2.38. The first-order valence-electron chi connectivity index (χ1n) is 4.02. The van der Waals surface area contributed by atoms with Gasteiger partial charge >= 0.3 is 7.75 Å². The number of rotatable bonds is 8. The summed E-state index contributed by atoms with van der Waals surface area (Å²) in [4.78, 5) is 0. The number of hydrogen-bond acceptors (Lipinski definition) is 3. The Morgan fingerprint density at radius 2 is 1.54 bits per heavy atom. The van der Waals surface area contributed by atoms with Crippen LogP contribution in [0, 0.1) is 0 Å². The Kier molecular flexibility index (Phi) is 6.82. The van der Waals surface area contributed by atoms with Crippen molar-refractivity contribution in [3.8, 4) is 0 Å². The Bertz CT molecular complexity index is 188. The highest BCUT2D eigenvalue weighted by Gasteiger charge is 2.16. The quantitative estimate of drug-likeness (QED) is 0.375. The monoisotopic (exact) mass is 205 g/mol. The molecule has 0 atom stereocenters. The Morgan fingerprint density at radius 3 is 1.85 bits per heavy atom. The minimum Gasteiger partial charge on any atom is -0.297 e. The van der Waals surface area contributed by atoms with Crippen molar-refractivity contribution >= 4 is 7.75 Å². The molecule has 0 aliphatic rings. The van der Waals surface area contributed by atoms with E-state index >= 15 is 0 Å². The van der Waals surface area contributed by atoms with E-state index < -0.39 is 7.75 Å². The fourth-order valence-electron chi connectivity index (χ4n) is 0.564. The van der Waals surface area contributed by atoms with Crippen molar-refractivity contribution in [3.63, 3.8) is 0 Å². The largest absolute Gasteiger partial charge is 0.402 e. The summed E-state index contributed by atoms with van der Waals surface area (Å²) in [5, 5.41) is 0. The SMILES string of the molecule is C=CCCOP(N)(=O)OCCC=C. The summed E-state index contributed by atoms with van der Waals surface area (Å²) in [6, 6.07) is 0. The third-order valence-electron chi connectivity index (χ3n) is 1.19. The predicted molar refractivity (Wildman–Crippen MR) is 53.3 cm³/mol. The zero-order valence-electron chi connectivity index (χ0n) is 7.65. The summed E-state index contributed by atoms with van der Waals surface area (Å²) in [5.74, 6) is 0. The average molecular weight is 205 g/mol. The lowest BCUT2D eigenvalue weighted by molar-refractivity contribution is 0.210. The fraction of sp³-hybridized carbons (Fsp3) is 0.500. The van der Waals surface area contributed by atoms with E-state index in [1.807, 2.05) is 0 Å². The van der Waals surface area contributed by atoms with Gasteiger partial charge in [-0.15, -0.1) is 13.2 Å². The van der Waals surface area contributed by atoms with E-state index in [9.17, 15) is 4.57 Å². The first-order valence-corrected chi connectivity index (χ1v) is 5.63. The second-order valence-corrected chi connectivity index (χ2v) is 3.96. The average Bonchev–Trinajstić information content (AvgIpc) is 2.05. The van der Waals surface area contributed by atoms with E-state index in [0.29, 0.717) is 12.8 Å².